The molecule has 0 radical (unpaired) electrons. The van der Waals surface area contributed by atoms with E-state index < -0.39 is 211 Å². The highest BCUT2D eigenvalue weighted by atomic mass is 32.2. The van der Waals surface area contributed by atoms with Crippen LogP contribution in [0.3, 0.4) is 0 Å². The molecule has 0 bridgehead atoms. The Labute approximate surface area is 775 Å². The summed E-state index contributed by atoms with van der Waals surface area (Å²) >= 11 is 0. The molecule has 49 heteroatoms. The summed E-state index contributed by atoms with van der Waals surface area (Å²) in [5.41, 5.74) is -8.99. The lowest BCUT2D eigenvalue weighted by Crippen LogP contribution is -2.29. The van der Waals surface area contributed by atoms with Crippen LogP contribution in [0.15, 0.2) is 257 Å². The Kier molecular flexibility index (Phi) is 22.7. The van der Waals surface area contributed by atoms with Gasteiger partial charge in [-0.25, -0.2) is 4.79 Å². The van der Waals surface area contributed by atoms with Crippen LogP contribution in [-0.2, 0) is 74.8 Å². The fourth-order valence-corrected chi connectivity index (χ4v) is 19.9. The predicted octanol–water partition coefficient (Wildman–Crippen LogP) is 11.9. The maximum absolute atomic E-state index is 15.1. The normalized spacial score (nSPS) is 12.6. The monoisotopic (exact) mass is 1980 g/mol. The van der Waals surface area contributed by atoms with Crippen molar-refractivity contribution in [2.24, 2.45) is 14.1 Å². The van der Waals surface area contributed by atoms with Gasteiger partial charge in [0.15, 0.2) is 23.1 Å². The Balaban J connectivity index is 0.713. The van der Waals surface area contributed by atoms with Crippen LogP contribution in [0.2, 0.25) is 0 Å². The number of carbonyl (C=O) groups excluding carboxylic acids is 4. The van der Waals surface area contributed by atoms with Gasteiger partial charge in [-0.1, -0.05) is 97.1 Å². The van der Waals surface area contributed by atoms with E-state index in [9.17, 15) is 112 Å². The molecule has 0 atom stereocenters. The zero-order chi connectivity index (χ0) is 98.2. The molecule has 43 nitrogen and oxygen atoms in total. The lowest BCUT2D eigenvalue weighted by molar-refractivity contribution is 0.0695. The number of ether oxygens (including phenoxy) is 2. The third kappa shape index (κ3) is 17.4. The number of nitrogens with one attached hydrogen (secondary N) is 6. The van der Waals surface area contributed by atoms with Crippen LogP contribution in [0, 0.1) is 0 Å². The van der Waals surface area contributed by atoms with Crippen molar-refractivity contribution in [2.45, 2.75) is 29.4 Å². The van der Waals surface area contributed by atoms with Crippen LogP contribution in [0.25, 0.3) is 65.6 Å². The van der Waals surface area contributed by atoms with E-state index in [2.05, 4.69) is 61.8 Å². The van der Waals surface area contributed by atoms with Crippen molar-refractivity contribution in [1.29, 1.82) is 0 Å². The second kappa shape index (κ2) is 34.1. The second-order valence-corrected chi connectivity index (χ2v) is 39.2. The van der Waals surface area contributed by atoms with Gasteiger partial charge in [0.05, 0.1) is 82.8 Å². The number of anilines is 10. The standard InChI is InChI=1S/C89H60N14O29S6/c1-102-63-27-25-57(71-73(63)69(53-13-3-5-15-55(53)79(71)107)75(81(102)109)77(105)45-9-7-11-51(35-45)133(113,114)115)92-59-37-61(67(137(125,126)127)39-65(59)135(119,120)121)94-86-96-84(98-88(100-86)131-49-23-20-41-31-47(83(111)112)18-17-43(41)33-49)90-29-30-91-85-97-87(101-89(99-85)132-50-24-21-42-32-48(104)22-19-44(42)34-50)95-62-38-60(66(136(122,123)124)40-68(62)138(128,129)130)93-58-26-28-64-74-70(54-14-4-6-16-56(54)80(108)72(58)74)76(82(110)103(64)2)78(106)46-10-8-12-52(36-46)134(116,117)118/h3-28,31-40,92-93,104H,29-30H2,1-2H3,(H,111,112)(H,113,114,115)(H,116,117,118)(H,119,120,121)(H,122,123,124)(H,125,126,127)(H,128,129,130)(H2,90,94,96,98,100)(H2,91,95,97,99,101). The SMILES string of the molecule is Cn1c(=O)c(C(=O)c2cccc(S(=O)(=O)O)c2)c2c3c(c(Nc4cc(Nc5nc(NCCNc6nc(Nc7cc(Nc8ccc9c%10c8C(=O)c8ccccc8-c%10c(C(=O)c8cccc(S(=O)(=O)O)c8)c(=O)n9C)c(S(=O)(=O)O)cc7S(=O)(=O)O)nc(Oc7ccc8cc(C(=O)O)ccc8c7)n6)nc(Oc6ccc7cc(O)ccc7c6)n5)c(S(=O)(=O)O)cc4S(=O)(=O)O)ccc31)C(=O)c1ccccc1-2. The topological polar surface area (TPSA) is 664 Å². The average Bonchev–Trinajstić information content (AvgIpc) is 0.706. The minimum atomic E-state index is -5.66. The zero-order valence-corrected chi connectivity index (χ0v) is 74.8. The molecule has 0 amide bonds. The fourth-order valence-electron chi connectivity index (χ4n) is 16.1. The smallest absolute Gasteiger partial charge is 0.335 e. The third-order valence-electron chi connectivity index (χ3n) is 22.2. The number of carboxylic acid groups (broad SMARTS) is 1. The first-order valence-electron chi connectivity index (χ1n) is 39.8. The molecule has 0 saturated carbocycles. The van der Waals surface area contributed by atoms with E-state index >= 15 is 9.59 Å². The Hall–Kier alpha value is -16.6. The number of hydrogen-bond acceptors (Lipinski definition) is 34. The van der Waals surface area contributed by atoms with Crippen LogP contribution in [0.5, 0.6) is 29.3 Å². The summed E-state index contributed by atoms with van der Waals surface area (Å²) in [5, 5.41) is 38.2. The lowest BCUT2D eigenvalue weighted by Gasteiger charge is -2.26. The minimum Gasteiger partial charge on any atom is -0.508 e. The summed E-state index contributed by atoms with van der Waals surface area (Å²) in [6, 6.07) is 42.8. The highest BCUT2D eigenvalue weighted by Crippen LogP contribution is 2.49. The van der Waals surface area contributed by atoms with E-state index in [1.807, 2.05) is 0 Å². The Morgan fingerprint density at radius 2 is 0.703 bits per heavy atom. The van der Waals surface area contributed by atoms with Gasteiger partial charge in [-0.05, 0) is 154 Å². The van der Waals surface area contributed by atoms with Gasteiger partial charge in [0.1, 0.15) is 36.8 Å². The van der Waals surface area contributed by atoms with E-state index in [0.717, 1.165) is 57.7 Å². The van der Waals surface area contributed by atoms with Crippen LogP contribution in [-0.4, -0.2) is 169 Å². The molecular weight excluding hydrogens is 1920 g/mol. The molecule has 4 heterocycles. The highest BCUT2D eigenvalue weighted by molar-refractivity contribution is 7.87. The first-order chi connectivity index (χ1) is 65.2. The molecule has 12 aromatic carbocycles. The molecule has 696 valence electrons. The van der Waals surface area contributed by atoms with E-state index in [-0.39, 0.29) is 114 Å². The molecular formula is C89H60N14O29S6. The van der Waals surface area contributed by atoms with Gasteiger partial charge in [-0.2, -0.15) is 80.4 Å². The number of carbonyl (C=O) groups is 5. The molecule has 2 aliphatic rings. The quantitative estimate of drug-likeness (QED) is 0.0123. The van der Waals surface area contributed by atoms with Crippen molar-refractivity contribution in [3.8, 4) is 51.5 Å². The molecule has 0 fully saturated rings. The van der Waals surface area contributed by atoms with Crippen LogP contribution >= 0.6 is 0 Å². The molecule has 0 spiro atoms. The number of hydrogen-bond donors (Lipinski definition) is 14. The molecule has 2 aliphatic carbocycles. The number of aromatic hydroxyl groups is 1. The highest BCUT2D eigenvalue weighted by Gasteiger charge is 2.39. The lowest BCUT2D eigenvalue weighted by atomic mass is 9.80. The summed E-state index contributed by atoms with van der Waals surface area (Å²) < 4.78 is 237. The van der Waals surface area contributed by atoms with Gasteiger partial charge in [-0.15, -0.1) is 0 Å². The van der Waals surface area contributed by atoms with Crippen molar-refractivity contribution < 1.29 is 121 Å². The van der Waals surface area contributed by atoms with Crippen LogP contribution in [0.4, 0.5) is 57.9 Å². The maximum Gasteiger partial charge on any atom is 0.335 e. The van der Waals surface area contributed by atoms with Gasteiger partial charge in [-0.3, -0.25) is 56.1 Å². The average molecular weight is 1980 g/mol. The van der Waals surface area contributed by atoms with Crippen LogP contribution in [0.1, 0.15) is 74.0 Å². The molecule has 0 saturated heterocycles. The maximum atomic E-state index is 15.1. The van der Waals surface area contributed by atoms with E-state index in [0.29, 0.717) is 33.7 Å². The molecule has 0 aliphatic heterocycles. The Morgan fingerprint density at radius 1 is 0.341 bits per heavy atom. The number of aromatic carboxylic acids is 1. The number of benzene rings is 12. The van der Waals surface area contributed by atoms with Gasteiger partial charge >= 0.3 is 18.0 Å². The van der Waals surface area contributed by atoms with Crippen molar-refractivity contribution in [2.75, 3.05) is 45.0 Å². The number of aryl methyl sites for hydroxylation is 2. The molecule has 16 aromatic rings. The summed E-state index contributed by atoms with van der Waals surface area (Å²) in [5.74, 6) is -7.44. The first kappa shape index (κ1) is 91.9. The van der Waals surface area contributed by atoms with Gasteiger partial charge in [0.25, 0.3) is 71.8 Å². The summed E-state index contributed by atoms with van der Waals surface area (Å²) in [6.07, 6.45) is 0. The fraction of sp³-hybridized carbons (Fsp3) is 0.0449. The molecule has 14 N–H and O–H groups in total. The molecule has 138 heavy (non-hydrogen) atoms. The third-order valence-corrected chi connectivity index (χ3v) is 27.5. The predicted molar refractivity (Wildman–Crippen MR) is 494 cm³/mol. The van der Waals surface area contributed by atoms with Crippen molar-refractivity contribution in [3.05, 3.63) is 289 Å². The second-order valence-electron chi connectivity index (χ2n) is 30.8. The largest absolute Gasteiger partial charge is 0.508 e. The van der Waals surface area contributed by atoms with E-state index in [1.54, 1.807) is 12.1 Å². The molecule has 0 unspecified atom stereocenters. The number of aromatic nitrogens is 8. The number of carboxylic acids is 1. The Bertz CT molecular complexity index is 9110. The van der Waals surface area contributed by atoms with E-state index in [4.69, 9.17) is 9.47 Å². The number of phenolic OH excluding ortho intramolecular Hbond substituents is 1. The minimum absolute atomic E-state index is 0.00100. The summed E-state index contributed by atoms with van der Waals surface area (Å²) in [7, 11) is -30.0. The van der Waals surface area contributed by atoms with Crippen molar-refractivity contribution >= 4 is 191 Å². The van der Waals surface area contributed by atoms with Gasteiger partial charge in [0, 0.05) is 71.3 Å². The molecule has 4 aromatic heterocycles. The van der Waals surface area contributed by atoms with Gasteiger partial charge in [0.2, 0.25) is 23.8 Å². The number of nitrogens with zero attached hydrogens (tertiary/aromatic N) is 8. The molecule has 18 rings (SSSR count). The number of ketones is 4. The van der Waals surface area contributed by atoms with Crippen molar-refractivity contribution in [3.63, 3.8) is 0 Å². The number of fused-ring (bicyclic) bond motifs is 6. The zero-order valence-electron chi connectivity index (χ0n) is 69.9. The van der Waals surface area contributed by atoms with Gasteiger partial charge < -0.3 is 60.7 Å². The summed E-state index contributed by atoms with van der Waals surface area (Å²) in [6.45, 7) is -0.730. The Morgan fingerprint density at radius 3 is 1.09 bits per heavy atom. The van der Waals surface area contributed by atoms with E-state index in [1.165, 1.54) is 160 Å². The van der Waals surface area contributed by atoms with Crippen LogP contribution < -0.4 is 52.5 Å². The number of rotatable bonds is 28. The number of pyridine rings is 2. The summed E-state index contributed by atoms with van der Waals surface area (Å²) in [4.78, 5) is 121. The first-order valence-corrected chi connectivity index (χ1v) is 48.5. The number of phenols is 1. The van der Waals surface area contributed by atoms with Crippen molar-refractivity contribution in [1.82, 2.24) is 39.0 Å².